The molecule has 3 nitrogen and oxygen atoms in total. The van der Waals surface area contributed by atoms with E-state index in [2.05, 4.69) is 5.32 Å². The first-order valence-corrected chi connectivity index (χ1v) is 7.29. The highest BCUT2D eigenvalue weighted by Gasteiger charge is 2.13. The lowest BCUT2D eigenvalue weighted by atomic mass is 9.89. The second-order valence-electron chi connectivity index (χ2n) is 5.32. The lowest BCUT2D eigenvalue weighted by Gasteiger charge is -2.22. The van der Waals surface area contributed by atoms with Gasteiger partial charge < -0.3 is 16.2 Å². The third kappa shape index (κ3) is 4.51. The topological polar surface area (TPSA) is 58.3 Å². The van der Waals surface area contributed by atoms with E-state index < -0.39 is 12.6 Å². The Balaban J connectivity index is 2.05. The summed E-state index contributed by atoms with van der Waals surface area (Å²) in [5.41, 5.74) is 6.97. The number of hydrogen-bond acceptors (Lipinski definition) is 3. The van der Waals surface area contributed by atoms with Gasteiger partial charge in [0.25, 0.3) is 0 Å². The molecule has 1 aromatic rings. The zero-order valence-electron chi connectivity index (χ0n) is 13.4. The molecule has 4 N–H and O–H groups in total. The Morgan fingerprint density at radius 2 is 2.16 bits per heavy atom. The van der Waals surface area contributed by atoms with E-state index in [1.54, 1.807) is 0 Å². The van der Waals surface area contributed by atoms with Crippen molar-refractivity contribution in [2.24, 2.45) is 11.7 Å². The third-order valence-electron chi connectivity index (χ3n) is 3.74. The van der Waals surface area contributed by atoms with Gasteiger partial charge in [-0.25, -0.2) is 0 Å². The third-order valence-corrected chi connectivity index (χ3v) is 3.74. The Morgan fingerprint density at radius 3 is 2.89 bits per heavy atom. The van der Waals surface area contributed by atoms with Gasteiger partial charge in [0, 0.05) is 14.9 Å². The highest BCUT2D eigenvalue weighted by Crippen LogP contribution is 2.25. The first-order chi connectivity index (χ1) is 10.0. The standard InChI is InChI=1S/C16H26N2O/c17-10-9-16(19)14-7-4-8-15(11-14)18-12-13-5-2-1-3-6-13/h4,7-8,11,13,16,18-19H,1-3,5-6,9-10,12,17H2/i12D2. The number of benzene rings is 1. The van der Waals surface area contributed by atoms with E-state index in [1.807, 2.05) is 24.3 Å². The molecular weight excluding hydrogens is 236 g/mol. The summed E-state index contributed by atoms with van der Waals surface area (Å²) in [4.78, 5) is 0. The van der Waals surface area contributed by atoms with Crippen LogP contribution in [0.4, 0.5) is 5.69 Å². The van der Waals surface area contributed by atoms with Gasteiger partial charge in [-0.1, -0.05) is 31.4 Å². The van der Waals surface area contributed by atoms with Crippen LogP contribution in [0.3, 0.4) is 0 Å². The normalized spacial score (nSPS) is 20.5. The smallest absolute Gasteiger partial charge is 0.0802 e. The molecule has 0 radical (unpaired) electrons. The van der Waals surface area contributed by atoms with E-state index in [4.69, 9.17) is 8.48 Å². The number of anilines is 1. The quantitative estimate of drug-likeness (QED) is 0.740. The molecule has 0 heterocycles. The fourth-order valence-corrected chi connectivity index (χ4v) is 2.58. The minimum absolute atomic E-state index is 0.0591. The van der Waals surface area contributed by atoms with Crippen LogP contribution in [0.25, 0.3) is 0 Å². The van der Waals surface area contributed by atoms with Crippen LogP contribution in [0.5, 0.6) is 0 Å². The summed E-state index contributed by atoms with van der Waals surface area (Å²) >= 11 is 0. The monoisotopic (exact) mass is 264 g/mol. The summed E-state index contributed by atoms with van der Waals surface area (Å²) in [7, 11) is 0. The molecule has 0 aromatic heterocycles. The van der Waals surface area contributed by atoms with Crippen molar-refractivity contribution in [1.82, 2.24) is 0 Å². The molecule has 0 amide bonds. The van der Waals surface area contributed by atoms with Gasteiger partial charge in [-0.15, -0.1) is 0 Å². The fraction of sp³-hybridized carbons (Fsp3) is 0.625. The first-order valence-electron chi connectivity index (χ1n) is 8.29. The van der Waals surface area contributed by atoms with Crippen LogP contribution in [-0.4, -0.2) is 18.1 Å². The first kappa shape index (κ1) is 11.7. The summed E-state index contributed by atoms with van der Waals surface area (Å²) in [6.07, 6.45) is 5.25. The number of nitrogens with one attached hydrogen (secondary N) is 1. The minimum Gasteiger partial charge on any atom is -0.388 e. The largest absolute Gasteiger partial charge is 0.388 e. The number of aliphatic hydroxyl groups is 1. The van der Waals surface area contributed by atoms with Crippen molar-refractivity contribution in [2.75, 3.05) is 18.4 Å². The van der Waals surface area contributed by atoms with Crippen molar-refractivity contribution < 1.29 is 7.85 Å². The van der Waals surface area contributed by atoms with E-state index in [-0.39, 0.29) is 5.92 Å². The summed E-state index contributed by atoms with van der Waals surface area (Å²) in [5, 5.41) is 13.0. The van der Waals surface area contributed by atoms with E-state index in [1.165, 1.54) is 6.42 Å². The Labute approximate surface area is 119 Å². The Bertz CT molecular complexity index is 448. The molecule has 1 saturated carbocycles. The van der Waals surface area contributed by atoms with Gasteiger partial charge in [0.05, 0.1) is 6.10 Å². The number of rotatable bonds is 6. The van der Waals surface area contributed by atoms with Gasteiger partial charge >= 0.3 is 0 Å². The van der Waals surface area contributed by atoms with Crippen molar-refractivity contribution in [1.29, 1.82) is 0 Å². The van der Waals surface area contributed by atoms with E-state index in [9.17, 15) is 5.11 Å². The van der Waals surface area contributed by atoms with Crippen molar-refractivity contribution in [2.45, 2.75) is 44.6 Å². The van der Waals surface area contributed by atoms with Gasteiger partial charge in [-0.2, -0.15) is 0 Å². The second-order valence-corrected chi connectivity index (χ2v) is 5.32. The molecule has 0 spiro atoms. The molecule has 1 aliphatic rings. The maximum Gasteiger partial charge on any atom is 0.0802 e. The van der Waals surface area contributed by atoms with Gasteiger partial charge in [-0.05, 0) is 49.4 Å². The van der Waals surface area contributed by atoms with Crippen LogP contribution in [0.1, 0.15) is 52.9 Å². The van der Waals surface area contributed by atoms with Gasteiger partial charge in [0.15, 0.2) is 0 Å². The van der Waals surface area contributed by atoms with Crippen LogP contribution in [0, 0.1) is 5.92 Å². The molecular formula is C16H26N2O. The van der Waals surface area contributed by atoms with Crippen LogP contribution >= 0.6 is 0 Å². The van der Waals surface area contributed by atoms with Crippen molar-refractivity contribution >= 4 is 5.69 Å². The van der Waals surface area contributed by atoms with Gasteiger partial charge in [0.1, 0.15) is 0 Å². The average Bonchev–Trinajstić information content (AvgIpc) is 2.48. The molecule has 1 atom stereocenters. The van der Waals surface area contributed by atoms with Gasteiger partial charge in [0.2, 0.25) is 0 Å². The minimum atomic E-state index is -1.40. The summed E-state index contributed by atoms with van der Waals surface area (Å²) in [6, 6.07) is 7.36. The second kappa shape index (κ2) is 7.51. The van der Waals surface area contributed by atoms with Crippen LogP contribution in [0.2, 0.25) is 0 Å². The molecule has 0 bridgehead atoms. The number of aliphatic hydroxyl groups excluding tert-OH is 1. The average molecular weight is 264 g/mol. The molecule has 1 unspecified atom stereocenters. The van der Waals surface area contributed by atoms with E-state index in [0.717, 1.165) is 36.9 Å². The predicted octanol–water partition coefficient (Wildman–Crippen LogP) is 3.06. The molecule has 106 valence electrons. The van der Waals surface area contributed by atoms with Gasteiger partial charge in [-0.3, -0.25) is 0 Å². The van der Waals surface area contributed by atoms with Crippen molar-refractivity contribution in [3.8, 4) is 0 Å². The van der Waals surface area contributed by atoms with Crippen molar-refractivity contribution in [3.63, 3.8) is 0 Å². The lowest BCUT2D eigenvalue weighted by molar-refractivity contribution is 0.170. The Hall–Kier alpha value is -1.06. The Morgan fingerprint density at radius 1 is 1.37 bits per heavy atom. The molecule has 1 fully saturated rings. The molecule has 1 aromatic carbocycles. The fourth-order valence-electron chi connectivity index (χ4n) is 2.58. The maximum atomic E-state index is 9.99. The highest BCUT2D eigenvalue weighted by molar-refractivity contribution is 5.46. The Kier molecular flexibility index (Phi) is 4.64. The predicted molar refractivity (Wildman–Crippen MR) is 80.1 cm³/mol. The van der Waals surface area contributed by atoms with Crippen LogP contribution < -0.4 is 11.1 Å². The molecule has 19 heavy (non-hydrogen) atoms. The highest BCUT2D eigenvalue weighted by atomic mass is 16.3. The van der Waals surface area contributed by atoms with Crippen LogP contribution in [-0.2, 0) is 0 Å². The number of hydrogen-bond donors (Lipinski definition) is 3. The SMILES string of the molecule is [2H]C([2H])(Nc1cccc(C(O)CCN)c1)C1CCCCC1. The maximum absolute atomic E-state index is 9.99. The molecule has 1 aliphatic carbocycles. The van der Waals surface area contributed by atoms with E-state index >= 15 is 0 Å². The summed E-state index contributed by atoms with van der Waals surface area (Å²) < 4.78 is 16.6. The van der Waals surface area contributed by atoms with E-state index in [0.29, 0.717) is 13.0 Å². The zero-order chi connectivity index (χ0) is 15.3. The summed E-state index contributed by atoms with van der Waals surface area (Å²) in [6.45, 7) is -0.973. The van der Waals surface area contributed by atoms with Crippen LogP contribution in [0.15, 0.2) is 24.3 Å². The summed E-state index contributed by atoms with van der Waals surface area (Å²) in [5.74, 6) is 0.0591. The molecule has 0 aliphatic heterocycles. The number of nitrogens with two attached hydrogens (primary N) is 1. The van der Waals surface area contributed by atoms with Crippen molar-refractivity contribution in [3.05, 3.63) is 29.8 Å². The molecule has 2 rings (SSSR count). The molecule has 0 saturated heterocycles. The zero-order valence-corrected chi connectivity index (χ0v) is 11.4. The molecule has 3 heteroatoms. The lowest BCUT2D eigenvalue weighted by Crippen LogP contribution is -2.17.